The summed E-state index contributed by atoms with van der Waals surface area (Å²) in [6.45, 7) is 4.15. The minimum Gasteiger partial charge on any atom is -0.325 e. The Hall–Kier alpha value is -2.00. The van der Waals surface area contributed by atoms with Crippen LogP contribution in [-0.2, 0) is 17.8 Å². The molecule has 1 aliphatic heterocycles. The molecule has 0 aliphatic carbocycles. The molecule has 0 bridgehead atoms. The van der Waals surface area contributed by atoms with Crippen LogP contribution in [0.5, 0.6) is 0 Å². The summed E-state index contributed by atoms with van der Waals surface area (Å²) in [6.07, 6.45) is 3.67. The molecule has 0 radical (unpaired) electrons. The number of thiazole rings is 1. The van der Waals surface area contributed by atoms with Crippen LogP contribution in [0.4, 0.5) is 4.79 Å². The summed E-state index contributed by atoms with van der Waals surface area (Å²) in [4.78, 5) is 30.3. The summed E-state index contributed by atoms with van der Waals surface area (Å²) in [7, 11) is 0. The van der Waals surface area contributed by atoms with E-state index in [1.807, 2.05) is 13.8 Å². The second-order valence-corrected chi connectivity index (χ2v) is 7.19. The molecule has 2 aromatic rings. The SMILES string of the molecule is CC(C)n1cc(CC2NC(=O)N(Cc3cnc(Cl)s3)C2=O)nn1. The lowest BCUT2D eigenvalue weighted by atomic mass is 10.1. The van der Waals surface area contributed by atoms with Gasteiger partial charge in [-0.2, -0.15) is 0 Å². The average Bonchev–Trinajstić information content (AvgIpc) is 3.17. The van der Waals surface area contributed by atoms with Gasteiger partial charge in [0.25, 0.3) is 5.91 Å². The molecule has 1 atom stereocenters. The highest BCUT2D eigenvalue weighted by Crippen LogP contribution is 2.21. The highest BCUT2D eigenvalue weighted by atomic mass is 35.5. The number of urea groups is 1. The number of hydrogen-bond donors (Lipinski definition) is 1. The van der Waals surface area contributed by atoms with Crippen molar-refractivity contribution in [3.8, 4) is 0 Å². The van der Waals surface area contributed by atoms with Gasteiger partial charge >= 0.3 is 6.03 Å². The van der Waals surface area contributed by atoms with Crippen LogP contribution in [0.2, 0.25) is 4.47 Å². The zero-order valence-electron chi connectivity index (χ0n) is 12.6. The molecular weight excluding hydrogens is 340 g/mol. The molecule has 0 spiro atoms. The van der Waals surface area contributed by atoms with Crippen LogP contribution in [0.3, 0.4) is 0 Å². The standard InChI is InChI=1S/C13H15ClN6O2S/c1-7(2)20-5-8(17-18-20)3-10-11(21)19(13(22)16-10)6-9-4-15-12(14)23-9/h4-5,7,10H,3,6H2,1-2H3,(H,16,22). The van der Waals surface area contributed by atoms with Crippen molar-refractivity contribution in [2.45, 2.75) is 38.9 Å². The third-order valence-electron chi connectivity index (χ3n) is 3.45. The Bertz CT molecular complexity index is 742. The maximum absolute atomic E-state index is 12.4. The number of nitrogens with zero attached hydrogens (tertiary/aromatic N) is 5. The fourth-order valence-corrected chi connectivity index (χ4v) is 3.21. The van der Waals surface area contributed by atoms with Crippen LogP contribution < -0.4 is 5.32 Å². The largest absolute Gasteiger partial charge is 0.325 e. The number of carbonyl (C=O) groups excluding carboxylic acids is 2. The Labute approximate surface area is 141 Å². The zero-order chi connectivity index (χ0) is 16.6. The third kappa shape index (κ3) is 3.35. The molecule has 0 aromatic carbocycles. The van der Waals surface area contributed by atoms with E-state index in [9.17, 15) is 9.59 Å². The molecule has 1 unspecified atom stereocenters. The van der Waals surface area contributed by atoms with Gasteiger partial charge in [0.1, 0.15) is 6.04 Å². The van der Waals surface area contributed by atoms with Crippen molar-refractivity contribution in [1.82, 2.24) is 30.2 Å². The van der Waals surface area contributed by atoms with Crippen LogP contribution in [-0.4, -0.2) is 42.9 Å². The van der Waals surface area contributed by atoms with Crippen molar-refractivity contribution in [1.29, 1.82) is 0 Å². The van der Waals surface area contributed by atoms with Crippen molar-refractivity contribution < 1.29 is 9.59 Å². The van der Waals surface area contributed by atoms with E-state index in [4.69, 9.17) is 11.6 Å². The molecule has 1 fully saturated rings. The predicted molar refractivity (Wildman–Crippen MR) is 84.1 cm³/mol. The number of halogens is 1. The fourth-order valence-electron chi connectivity index (χ4n) is 2.25. The number of imide groups is 1. The van der Waals surface area contributed by atoms with Gasteiger partial charge in [-0.15, -0.1) is 16.4 Å². The number of nitrogens with one attached hydrogen (secondary N) is 1. The minimum atomic E-state index is -0.622. The Balaban J connectivity index is 1.67. The molecule has 2 aromatic heterocycles. The highest BCUT2D eigenvalue weighted by Gasteiger charge is 2.38. The number of rotatable bonds is 5. The van der Waals surface area contributed by atoms with Crippen LogP contribution >= 0.6 is 22.9 Å². The first-order chi connectivity index (χ1) is 10.9. The van der Waals surface area contributed by atoms with Crippen molar-refractivity contribution in [2.24, 2.45) is 0 Å². The summed E-state index contributed by atoms with van der Waals surface area (Å²) >= 11 is 7.01. The average molecular weight is 355 g/mol. The molecule has 1 aliphatic rings. The zero-order valence-corrected chi connectivity index (χ0v) is 14.1. The summed E-state index contributed by atoms with van der Waals surface area (Å²) in [6, 6.07) is -0.846. The van der Waals surface area contributed by atoms with E-state index in [2.05, 4.69) is 20.6 Å². The van der Waals surface area contributed by atoms with E-state index in [1.54, 1.807) is 17.1 Å². The van der Waals surface area contributed by atoms with E-state index in [0.717, 1.165) is 4.88 Å². The van der Waals surface area contributed by atoms with E-state index in [0.29, 0.717) is 16.6 Å². The topological polar surface area (TPSA) is 93.0 Å². The van der Waals surface area contributed by atoms with Gasteiger partial charge in [0, 0.05) is 29.7 Å². The Morgan fingerprint density at radius 2 is 2.22 bits per heavy atom. The lowest BCUT2D eigenvalue weighted by Gasteiger charge is -2.10. The second kappa shape index (κ2) is 6.25. The van der Waals surface area contributed by atoms with E-state index < -0.39 is 12.1 Å². The molecule has 0 saturated carbocycles. The molecule has 8 nitrogen and oxygen atoms in total. The summed E-state index contributed by atoms with van der Waals surface area (Å²) in [5.74, 6) is -0.279. The van der Waals surface area contributed by atoms with E-state index in [-0.39, 0.29) is 18.5 Å². The molecular formula is C13H15ClN6O2S. The van der Waals surface area contributed by atoms with Crippen LogP contribution in [0.15, 0.2) is 12.4 Å². The van der Waals surface area contributed by atoms with Crippen molar-refractivity contribution in [3.05, 3.63) is 27.4 Å². The van der Waals surface area contributed by atoms with Gasteiger partial charge < -0.3 is 5.32 Å². The lowest BCUT2D eigenvalue weighted by molar-refractivity contribution is -0.127. The van der Waals surface area contributed by atoms with Gasteiger partial charge in [-0.05, 0) is 13.8 Å². The monoisotopic (exact) mass is 354 g/mol. The molecule has 23 heavy (non-hydrogen) atoms. The maximum Gasteiger partial charge on any atom is 0.325 e. The second-order valence-electron chi connectivity index (χ2n) is 5.49. The van der Waals surface area contributed by atoms with E-state index >= 15 is 0 Å². The number of carbonyl (C=O) groups is 2. The first-order valence-corrected chi connectivity index (χ1v) is 8.26. The molecule has 3 amide bonds. The number of hydrogen-bond acceptors (Lipinski definition) is 6. The van der Waals surface area contributed by atoms with Gasteiger partial charge in [0.05, 0.1) is 12.2 Å². The minimum absolute atomic E-state index is 0.171. The fraction of sp³-hybridized carbons (Fsp3) is 0.462. The highest BCUT2D eigenvalue weighted by molar-refractivity contribution is 7.15. The van der Waals surface area contributed by atoms with Gasteiger partial charge in [0.15, 0.2) is 4.47 Å². The van der Waals surface area contributed by atoms with Gasteiger partial charge in [-0.3, -0.25) is 9.69 Å². The molecule has 10 heteroatoms. The summed E-state index contributed by atoms with van der Waals surface area (Å²) < 4.78 is 2.10. The quantitative estimate of drug-likeness (QED) is 0.824. The van der Waals surface area contributed by atoms with E-state index in [1.165, 1.54) is 16.2 Å². The lowest BCUT2D eigenvalue weighted by Crippen LogP contribution is -2.32. The summed E-state index contributed by atoms with van der Waals surface area (Å²) in [5.41, 5.74) is 0.667. The Kier molecular flexibility index (Phi) is 4.31. The first kappa shape index (κ1) is 15.9. The van der Waals surface area contributed by atoms with Crippen molar-refractivity contribution in [2.75, 3.05) is 0 Å². The molecule has 1 saturated heterocycles. The summed E-state index contributed by atoms with van der Waals surface area (Å²) in [5, 5.41) is 10.7. The molecule has 3 rings (SSSR count). The predicted octanol–water partition coefficient (Wildman–Crippen LogP) is 1.63. The van der Waals surface area contributed by atoms with Gasteiger partial charge in [0.2, 0.25) is 0 Å². The Morgan fingerprint density at radius 1 is 1.43 bits per heavy atom. The third-order valence-corrected chi connectivity index (χ3v) is 4.55. The first-order valence-electron chi connectivity index (χ1n) is 7.07. The van der Waals surface area contributed by atoms with Crippen molar-refractivity contribution in [3.63, 3.8) is 0 Å². The maximum atomic E-state index is 12.4. The smallest absolute Gasteiger partial charge is 0.325 e. The molecule has 122 valence electrons. The molecule has 1 N–H and O–H groups in total. The van der Waals surface area contributed by atoms with Gasteiger partial charge in [-0.25, -0.2) is 14.5 Å². The van der Waals surface area contributed by atoms with Crippen LogP contribution in [0.25, 0.3) is 0 Å². The van der Waals surface area contributed by atoms with Crippen molar-refractivity contribution >= 4 is 34.9 Å². The number of amides is 3. The normalized spacial score (nSPS) is 18.1. The number of aromatic nitrogens is 4. The van der Waals surface area contributed by atoms with Crippen LogP contribution in [0.1, 0.15) is 30.5 Å². The Morgan fingerprint density at radius 3 is 2.83 bits per heavy atom. The van der Waals surface area contributed by atoms with Gasteiger partial charge in [-0.1, -0.05) is 16.8 Å². The van der Waals surface area contributed by atoms with Crippen LogP contribution in [0, 0.1) is 0 Å². The molecule has 3 heterocycles.